The van der Waals surface area contributed by atoms with E-state index in [4.69, 9.17) is 11.6 Å². The van der Waals surface area contributed by atoms with Crippen LogP contribution in [0.5, 0.6) is 0 Å². The zero-order chi connectivity index (χ0) is 17.6. The van der Waals surface area contributed by atoms with Crippen molar-refractivity contribution in [2.75, 3.05) is 26.2 Å². The van der Waals surface area contributed by atoms with Crippen LogP contribution >= 0.6 is 24.0 Å². The molecule has 2 atom stereocenters. The van der Waals surface area contributed by atoms with Crippen LogP contribution in [-0.4, -0.2) is 43.0 Å². The van der Waals surface area contributed by atoms with Crippen molar-refractivity contribution in [1.82, 2.24) is 15.5 Å². The number of hydrogen-bond acceptors (Lipinski definition) is 3. The summed E-state index contributed by atoms with van der Waals surface area (Å²) in [6, 6.07) is 17.8. The third-order valence-corrected chi connectivity index (χ3v) is 4.84. The van der Waals surface area contributed by atoms with E-state index in [0.717, 1.165) is 30.8 Å². The third-order valence-electron chi connectivity index (χ3n) is 4.61. The second-order valence-electron chi connectivity index (χ2n) is 6.49. The first kappa shape index (κ1) is 20.7. The van der Waals surface area contributed by atoms with Gasteiger partial charge in [-0.3, -0.25) is 9.69 Å². The summed E-state index contributed by atoms with van der Waals surface area (Å²) >= 11 is 6.16. The second-order valence-corrected chi connectivity index (χ2v) is 6.93. The van der Waals surface area contributed by atoms with Crippen molar-refractivity contribution in [1.29, 1.82) is 0 Å². The molecule has 1 unspecified atom stereocenters. The van der Waals surface area contributed by atoms with Crippen molar-refractivity contribution in [3.05, 3.63) is 70.7 Å². The van der Waals surface area contributed by atoms with Crippen LogP contribution in [0.2, 0.25) is 5.02 Å². The van der Waals surface area contributed by atoms with Gasteiger partial charge in [0, 0.05) is 30.7 Å². The lowest BCUT2D eigenvalue weighted by Crippen LogP contribution is -2.53. The molecule has 0 bridgehead atoms. The predicted octanol–water partition coefficient (Wildman–Crippen LogP) is 3.26. The summed E-state index contributed by atoms with van der Waals surface area (Å²) in [5, 5.41) is 7.20. The minimum absolute atomic E-state index is 0. The largest absolute Gasteiger partial charge is 0.344 e. The van der Waals surface area contributed by atoms with Crippen LogP contribution in [0.3, 0.4) is 0 Å². The first-order valence-electron chi connectivity index (χ1n) is 8.68. The van der Waals surface area contributed by atoms with Gasteiger partial charge in [0.1, 0.15) is 0 Å². The van der Waals surface area contributed by atoms with Gasteiger partial charge in [-0.1, -0.05) is 54.1 Å². The number of amides is 1. The maximum absolute atomic E-state index is 12.7. The molecule has 2 N–H and O–H groups in total. The maximum Gasteiger partial charge on any atom is 0.234 e. The molecule has 0 aromatic heterocycles. The summed E-state index contributed by atoms with van der Waals surface area (Å²) in [7, 11) is 0. The Kier molecular flexibility index (Phi) is 7.91. The number of nitrogens with one attached hydrogen (secondary N) is 2. The van der Waals surface area contributed by atoms with Crippen molar-refractivity contribution in [2.24, 2.45) is 0 Å². The van der Waals surface area contributed by atoms with Crippen molar-refractivity contribution in [3.63, 3.8) is 0 Å². The van der Waals surface area contributed by atoms with Gasteiger partial charge in [0.05, 0.1) is 12.6 Å². The van der Waals surface area contributed by atoms with Gasteiger partial charge in [-0.25, -0.2) is 0 Å². The van der Waals surface area contributed by atoms with Crippen molar-refractivity contribution in [3.8, 4) is 0 Å². The molecule has 1 aliphatic rings. The van der Waals surface area contributed by atoms with Crippen molar-refractivity contribution < 1.29 is 4.79 Å². The lowest BCUT2D eigenvalue weighted by atomic mass is 9.98. The van der Waals surface area contributed by atoms with Gasteiger partial charge in [0.2, 0.25) is 5.91 Å². The predicted molar refractivity (Wildman–Crippen MR) is 109 cm³/mol. The molecular formula is C20H25Cl2N3O. The van der Waals surface area contributed by atoms with E-state index in [1.165, 1.54) is 0 Å². The Hall–Kier alpha value is -1.59. The van der Waals surface area contributed by atoms with Gasteiger partial charge in [-0.15, -0.1) is 12.4 Å². The number of rotatable bonds is 5. The molecule has 0 radical (unpaired) electrons. The topological polar surface area (TPSA) is 44.4 Å². The molecule has 1 saturated heterocycles. The van der Waals surface area contributed by atoms with E-state index in [-0.39, 0.29) is 24.4 Å². The molecule has 1 heterocycles. The molecule has 0 spiro atoms. The summed E-state index contributed by atoms with van der Waals surface area (Å²) in [5.41, 5.74) is 2.03. The van der Waals surface area contributed by atoms with E-state index >= 15 is 0 Å². The van der Waals surface area contributed by atoms with Crippen LogP contribution in [0, 0.1) is 0 Å². The average molecular weight is 394 g/mol. The molecule has 140 valence electrons. The molecular weight excluding hydrogens is 369 g/mol. The third kappa shape index (κ3) is 5.45. The highest BCUT2D eigenvalue weighted by Crippen LogP contribution is 2.24. The molecule has 2 aromatic carbocycles. The number of benzene rings is 2. The molecule has 2 aromatic rings. The lowest BCUT2D eigenvalue weighted by molar-refractivity contribution is -0.123. The van der Waals surface area contributed by atoms with E-state index in [9.17, 15) is 4.79 Å². The summed E-state index contributed by atoms with van der Waals surface area (Å²) in [5.74, 6) is 0.0302. The second kappa shape index (κ2) is 9.93. The quantitative estimate of drug-likeness (QED) is 0.818. The molecule has 0 saturated carbocycles. The Balaban J connectivity index is 0.00000243. The highest BCUT2D eigenvalue weighted by Gasteiger charge is 2.23. The number of hydrogen-bond donors (Lipinski definition) is 2. The maximum atomic E-state index is 12.7. The zero-order valence-corrected chi connectivity index (χ0v) is 16.4. The monoisotopic (exact) mass is 393 g/mol. The smallest absolute Gasteiger partial charge is 0.234 e. The molecule has 0 aliphatic carbocycles. The van der Waals surface area contributed by atoms with Crippen LogP contribution in [0.25, 0.3) is 0 Å². The summed E-state index contributed by atoms with van der Waals surface area (Å²) < 4.78 is 0. The number of carbonyl (C=O) groups is 1. The van der Waals surface area contributed by atoms with Crippen molar-refractivity contribution in [2.45, 2.75) is 19.0 Å². The van der Waals surface area contributed by atoms with E-state index in [2.05, 4.69) is 22.5 Å². The van der Waals surface area contributed by atoms with Gasteiger partial charge in [-0.2, -0.15) is 0 Å². The molecule has 26 heavy (non-hydrogen) atoms. The fourth-order valence-electron chi connectivity index (χ4n) is 3.20. The molecule has 3 rings (SSSR count). The zero-order valence-electron chi connectivity index (χ0n) is 14.8. The normalized spacial score (nSPS) is 18.6. The van der Waals surface area contributed by atoms with Crippen LogP contribution < -0.4 is 10.6 Å². The Morgan fingerprint density at radius 2 is 1.96 bits per heavy atom. The standard InChI is InChI=1S/C20H24ClN3O.ClH/c1-15-13-22-10-11-24(15)14-19(25)23-20(16-6-3-2-4-7-16)17-8-5-9-18(21)12-17;/h2-9,12,15,20,22H,10-11,13-14H2,1H3,(H,23,25);1H/t15-,20?;/m0./s1. The lowest BCUT2D eigenvalue weighted by Gasteiger charge is -2.33. The Labute approximate surface area is 166 Å². The van der Waals surface area contributed by atoms with E-state index in [0.29, 0.717) is 17.6 Å². The van der Waals surface area contributed by atoms with Crippen molar-refractivity contribution >= 4 is 29.9 Å². The SMILES string of the molecule is C[C@H]1CNCCN1CC(=O)NC(c1ccccc1)c1cccc(Cl)c1.Cl. The highest BCUT2D eigenvalue weighted by atomic mass is 35.5. The fraction of sp³-hybridized carbons (Fsp3) is 0.350. The van der Waals surface area contributed by atoms with Crippen LogP contribution in [0.15, 0.2) is 54.6 Å². The highest BCUT2D eigenvalue weighted by molar-refractivity contribution is 6.30. The van der Waals surface area contributed by atoms with E-state index < -0.39 is 0 Å². The summed E-state index contributed by atoms with van der Waals surface area (Å²) in [6.07, 6.45) is 0. The fourth-order valence-corrected chi connectivity index (χ4v) is 3.40. The minimum atomic E-state index is -0.203. The molecule has 6 heteroatoms. The van der Waals surface area contributed by atoms with Crippen LogP contribution in [0.1, 0.15) is 24.1 Å². The molecule has 1 fully saturated rings. The first-order chi connectivity index (χ1) is 12.1. The van der Waals surface area contributed by atoms with Gasteiger partial charge < -0.3 is 10.6 Å². The van der Waals surface area contributed by atoms with Gasteiger partial charge in [0.25, 0.3) is 0 Å². The average Bonchev–Trinajstić information content (AvgIpc) is 2.62. The number of halogens is 2. The molecule has 1 amide bonds. The van der Waals surface area contributed by atoms with Crippen LogP contribution in [-0.2, 0) is 4.79 Å². The Bertz CT molecular complexity index is 711. The van der Waals surface area contributed by atoms with E-state index in [1.807, 2.05) is 54.6 Å². The number of piperazine rings is 1. The van der Waals surface area contributed by atoms with E-state index in [1.54, 1.807) is 0 Å². The molecule has 4 nitrogen and oxygen atoms in total. The van der Waals surface area contributed by atoms with Gasteiger partial charge >= 0.3 is 0 Å². The first-order valence-corrected chi connectivity index (χ1v) is 9.06. The van der Waals surface area contributed by atoms with Gasteiger partial charge in [0.15, 0.2) is 0 Å². The van der Waals surface area contributed by atoms with Gasteiger partial charge in [-0.05, 0) is 30.2 Å². The number of carbonyl (C=O) groups excluding carboxylic acids is 1. The minimum Gasteiger partial charge on any atom is -0.344 e. The molecule has 1 aliphatic heterocycles. The Morgan fingerprint density at radius 3 is 2.65 bits per heavy atom. The van der Waals surface area contributed by atoms with Crippen LogP contribution in [0.4, 0.5) is 0 Å². The summed E-state index contributed by atoms with van der Waals surface area (Å²) in [6.45, 7) is 5.29. The summed E-state index contributed by atoms with van der Waals surface area (Å²) in [4.78, 5) is 14.9. The number of nitrogens with zero attached hydrogens (tertiary/aromatic N) is 1. The Morgan fingerprint density at radius 1 is 1.23 bits per heavy atom.